The Bertz CT molecular complexity index is 834. The van der Waals surface area contributed by atoms with Crippen LogP contribution in [0.1, 0.15) is 36.1 Å². The number of carbonyl (C=O) groups is 2. The molecule has 1 fully saturated rings. The van der Waals surface area contributed by atoms with Crippen LogP contribution in [0.25, 0.3) is 11.3 Å². The Kier molecular flexibility index (Phi) is 6.00. The van der Waals surface area contributed by atoms with Gasteiger partial charge in [-0.1, -0.05) is 12.1 Å². The van der Waals surface area contributed by atoms with E-state index in [-0.39, 0.29) is 11.7 Å². The second-order valence-electron chi connectivity index (χ2n) is 7.75. The van der Waals surface area contributed by atoms with Gasteiger partial charge in [0.2, 0.25) is 0 Å². The van der Waals surface area contributed by atoms with Gasteiger partial charge in [0, 0.05) is 37.1 Å². The molecular weight excluding hydrogens is 378 g/mol. The van der Waals surface area contributed by atoms with Crippen molar-refractivity contribution in [3.05, 3.63) is 40.2 Å². The van der Waals surface area contributed by atoms with Gasteiger partial charge in [-0.15, -0.1) is 11.3 Å². The summed E-state index contributed by atoms with van der Waals surface area (Å²) in [5.74, 6) is -0.934. The first-order chi connectivity index (χ1) is 13.2. The number of benzene rings is 1. The molecular formula is C20H25N3O4S. The second-order valence-corrected chi connectivity index (χ2v) is 8.70. The third-order valence-electron chi connectivity index (χ3n) is 4.36. The molecule has 0 spiro atoms. The van der Waals surface area contributed by atoms with E-state index in [0.717, 1.165) is 35.9 Å². The third-order valence-corrected chi connectivity index (χ3v) is 5.20. The zero-order valence-electron chi connectivity index (χ0n) is 16.3. The predicted octanol–water partition coefficient (Wildman–Crippen LogP) is 3.56. The number of carboxylic acid groups (broad SMARTS) is 1. The summed E-state index contributed by atoms with van der Waals surface area (Å²) in [7, 11) is 0. The molecule has 8 heteroatoms. The number of hydrogen-bond acceptors (Lipinski definition) is 6. The van der Waals surface area contributed by atoms with Crippen molar-refractivity contribution in [2.45, 2.75) is 32.9 Å². The maximum Gasteiger partial charge on any atom is 0.410 e. The molecule has 0 radical (unpaired) electrons. The highest BCUT2D eigenvalue weighted by Crippen LogP contribution is 2.23. The minimum atomic E-state index is -0.934. The van der Waals surface area contributed by atoms with Crippen molar-refractivity contribution >= 4 is 23.4 Å². The number of carboxylic acids is 1. The van der Waals surface area contributed by atoms with Crippen molar-refractivity contribution in [1.82, 2.24) is 14.8 Å². The van der Waals surface area contributed by atoms with Crippen LogP contribution >= 0.6 is 11.3 Å². The molecule has 0 atom stereocenters. The quantitative estimate of drug-likeness (QED) is 0.840. The van der Waals surface area contributed by atoms with E-state index in [2.05, 4.69) is 9.88 Å². The summed E-state index contributed by atoms with van der Waals surface area (Å²) in [6.07, 6.45) is -0.256. The van der Waals surface area contributed by atoms with Crippen molar-refractivity contribution in [2.24, 2.45) is 0 Å². The SMILES string of the molecule is CC(C)(C)OC(=O)N1CCN(Cc2nc(-c3ccc(C(=O)O)cc3)cs2)CC1. The molecule has 1 aromatic carbocycles. The summed E-state index contributed by atoms with van der Waals surface area (Å²) in [6, 6.07) is 6.74. The highest BCUT2D eigenvalue weighted by atomic mass is 32.1. The van der Waals surface area contributed by atoms with Gasteiger partial charge in [0.05, 0.1) is 17.8 Å². The monoisotopic (exact) mass is 403 g/mol. The maximum absolute atomic E-state index is 12.1. The molecule has 1 amide bonds. The van der Waals surface area contributed by atoms with Crippen LogP contribution in [-0.2, 0) is 11.3 Å². The van der Waals surface area contributed by atoms with E-state index in [9.17, 15) is 9.59 Å². The number of hydrogen-bond donors (Lipinski definition) is 1. The fraction of sp³-hybridized carbons (Fsp3) is 0.450. The van der Waals surface area contributed by atoms with Crippen molar-refractivity contribution < 1.29 is 19.4 Å². The van der Waals surface area contributed by atoms with E-state index in [1.165, 1.54) is 0 Å². The van der Waals surface area contributed by atoms with Crippen LogP contribution in [0.4, 0.5) is 4.79 Å². The van der Waals surface area contributed by atoms with Gasteiger partial charge >= 0.3 is 12.1 Å². The molecule has 28 heavy (non-hydrogen) atoms. The summed E-state index contributed by atoms with van der Waals surface area (Å²) in [4.78, 5) is 31.8. The smallest absolute Gasteiger partial charge is 0.410 e. The van der Waals surface area contributed by atoms with Gasteiger partial charge < -0.3 is 14.7 Å². The van der Waals surface area contributed by atoms with Gasteiger partial charge in [-0.2, -0.15) is 0 Å². The number of carbonyl (C=O) groups excluding carboxylic acids is 1. The maximum atomic E-state index is 12.1. The van der Waals surface area contributed by atoms with E-state index >= 15 is 0 Å². The van der Waals surface area contributed by atoms with Gasteiger partial charge in [0.1, 0.15) is 10.6 Å². The van der Waals surface area contributed by atoms with Crippen molar-refractivity contribution in [3.8, 4) is 11.3 Å². The minimum absolute atomic E-state index is 0.256. The number of ether oxygens (including phenoxy) is 1. The van der Waals surface area contributed by atoms with E-state index in [4.69, 9.17) is 9.84 Å². The molecule has 0 aliphatic carbocycles. The summed E-state index contributed by atoms with van der Waals surface area (Å²) in [5.41, 5.74) is 1.54. The average molecular weight is 404 g/mol. The van der Waals surface area contributed by atoms with Crippen LogP contribution in [0.15, 0.2) is 29.6 Å². The number of piperazine rings is 1. The Balaban J connectivity index is 1.53. The molecule has 1 aliphatic rings. The van der Waals surface area contributed by atoms with Gasteiger partial charge in [-0.3, -0.25) is 4.90 Å². The van der Waals surface area contributed by atoms with Crippen LogP contribution in [0, 0.1) is 0 Å². The highest BCUT2D eigenvalue weighted by molar-refractivity contribution is 7.09. The topological polar surface area (TPSA) is 83.0 Å². The van der Waals surface area contributed by atoms with Crippen molar-refractivity contribution in [3.63, 3.8) is 0 Å². The zero-order chi connectivity index (χ0) is 20.3. The van der Waals surface area contributed by atoms with Crippen LogP contribution in [0.5, 0.6) is 0 Å². The minimum Gasteiger partial charge on any atom is -0.478 e. The first kappa shape index (κ1) is 20.3. The average Bonchev–Trinajstić information content (AvgIpc) is 3.09. The van der Waals surface area contributed by atoms with Crippen LogP contribution in [0.3, 0.4) is 0 Å². The lowest BCUT2D eigenvalue weighted by Crippen LogP contribution is -2.49. The first-order valence-electron chi connectivity index (χ1n) is 9.20. The summed E-state index contributed by atoms with van der Waals surface area (Å²) in [5, 5.41) is 12.0. The van der Waals surface area contributed by atoms with Crippen LogP contribution < -0.4 is 0 Å². The molecule has 0 unspecified atom stereocenters. The zero-order valence-corrected chi connectivity index (χ0v) is 17.2. The number of amides is 1. The number of nitrogens with zero attached hydrogens (tertiary/aromatic N) is 3. The summed E-state index contributed by atoms with van der Waals surface area (Å²) < 4.78 is 5.43. The predicted molar refractivity (Wildman–Crippen MR) is 108 cm³/mol. The Hall–Kier alpha value is -2.45. The normalized spacial score (nSPS) is 15.5. The molecule has 2 heterocycles. The number of aromatic carboxylic acids is 1. The van der Waals surface area contributed by atoms with Gasteiger partial charge in [-0.05, 0) is 32.9 Å². The van der Waals surface area contributed by atoms with E-state index < -0.39 is 11.6 Å². The lowest BCUT2D eigenvalue weighted by Gasteiger charge is -2.35. The van der Waals surface area contributed by atoms with Crippen molar-refractivity contribution in [1.29, 1.82) is 0 Å². The Morgan fingerprint density at radius 3 is 2.36 bits per heavy atom. The molecule has 7 nitrogen and oxygen atoms in total. The second kappa shape index (κ2) is 8.28. The number of aromatic nitrogens is 1. The first-order valence-corrected chi connectivity index (χ1v) is 10.1. The lowest BCUT2D eigenvalue weighted by atomic mass is 10.1. The summed E-state index contributed by atoms with van der Waals surface area (Å²) >= 11 is 1.59. The van der Waals surface area contributed by atoms with Crippen LogP contribution in [0.2, 0.25) is 0 Å². The van der Waals surface area contributed by atoms with Gasteiger partial charge in [0.15, 0.2) is 0 Å². The summed E-state index contributed by atoms with van der Waals surface area (Å²) in [6.45, 7) is 9.19. The van der Waals surface area contributed by atoms with Crippen LogP contribution in [-0.4, -0.2) is 63.7 Å². The van der Waals surface area contributed by atoms with Gasteiger partial charge in [0.25, 0.3) is 0 Å². The fourth-order valence-corrected chi connectivity index (χ4v) is 3.75. The molecule has 0 bridgehead atoms. The van der Waals surface area contributed by atoms with E-state index in [1.807, 2.05) is 26.2 Å². The molecule has 1 saturated heterocycles. The standard InChI is InChI=1S/C20H25N3O4S/c1-20(2,3)27-19(26)23-10-8-22(9-11-23)12-17-21-16(13-28-17)14-4-6-15(7-5-14)18(24)25/h4-7,13H,8-12H2,1-3H3,(H,24,25). The third kappa shape index (κ3) is 5.30. The van der Waals surface area contributed by atoms with Gasteiger partial charge in [-0.25, -0.2) is 14.6 Å². The molecule has 150 valence electrons. The Morgan fingerprint density at radius 2 is 1.79 bits per heavy atom. The molecule has 0 saturated carbocycles. The molecule has 1 aliphatic heterocycles. The lowest BCUT2D eigenvalue weighted by molar-refractivity contribution is 0.0139. The molecule has 2 aromatic rings. The van der Waals surface area contributed by atoms with Crippen molar-refractivity contribution in [2.75, 3.05) is 26.2 Å². The molecule has 1 N–H and O–H groups in total. The Morgan fingerprint density at radius 1 is 1.14 bits per heavy atom. The molecule has 3 rings (SSSR count). The number of rotatable bonds is 4. The highest BCUT2D eigenvalue weighted by Gasteiger charge is 2.26. The van der Waals surface area contributed by atoms with E-state index in [1.54, 1.807) is 40.5 Å². The molecule has 1 aromatic heterocycles. The van der Waals surface area contributed by atoms with E-state index in [0.29, 0.717) is 13.1 Å². The Labute approximate surface area is 168 Å². The largest absolute Gasteiger partial charge is 0.478 e. The fourth-order valence-electron chi connectivity index (χ4n) is 2.91. The number of thiazole rings is 1.